The Kier molecular flexibility index (Phi) is 5.07. The van der Waals surface area contributed by atoms with Gasteiger partial charge in [-0.25, -0.2) is 0 Å². The van der Waals surface area contributed by atoms with Crippen LogP contribution in [0.2, 0.25) is 0 Å². The van der Waals surface area contributed by atoms with Gasteiger partial charge in [0.1, 0.15) is 5.69 Å². The minimum Gasteiger partial charge on any atom is -0.348 e. The van der Waals surface area contributed by atoms with Crippen LogP contribution in [0.4, 0.5) is 0 Å². The number of nitrogens with one attached hydrogen (secondary N) is 1. The second kappa shape index (κ2) is 7.97. The zero-order chi connectivity index (χ0) is 18.5. The normalized spacial score (nSPS) is 10.7. The van der Waals surface area contributed by atoms with Crippen LogP contribution < -0.4 is 5.32 Å². The Morgan fingerprint density at radius 3 is 2.63 bits per heavy atom. The highest BCUT2D eigenvalue weighted by Crippen LogP contribution is 2.27. The molecule has 0 spiro atoms. The van der Waals surface area contributed by atoms with Crippen LogP contribution in [0.5, 0.6) is 0 Å². The lowest BCUT2D eigenvalue weighted by molar-refractivity contribution is 0.0951. The fourth-order valence-corrected chi connectivity index (χ4v) is 3.54. The van der Waals surface area contributed by atoms with E-state index in [2.05, 4.69) is 27.5 Å². The zero-order valence-electron chi connectivity index (χ0n) is 14.6. The smallest absolute Gasteiger partial charge is 0.255 e. The van der Waals surface area contributed by atoms with E-state index in [0.29, 0.717) is 24.3 Å². The van der Waals surface area contributed by atoms with E-state index >= 15 is 0 Å². The number of nitrogens with zero attached hydrogens (tertiary/aromatic N) is 3. The van der Waals surface area contributed by atoms with E-state index in [0.717, 1.165) is 16.0 Å². The molecule has 0 unspecified atom stereocenters. The highest BCUT2D eigenvalue weighted by molar-refractivity contribution is 7.13. The standard InChI is InChI=1S/C21H18N4OS/c26-21(23-13-17-8-4-10-22-12-17)18-15-25(14-16-6-2-1-3-7-16)24-20(18)19-9-5-11-27-19/h1-12,15H,13-14H2,(H,23,26). The lowest BCUT2D eigenvalue weighted by Crippen LogP contribution is -2.23. The number of hydrogen-bond donors (Lipinski definition) is 1. The van der Waals surface area contributed by atoms with Crippen LogP contribution in [0, 0.1) is 0 Å². The van der Waals surface area contributed by atoms with Gasteiger partial charge in [-0.3, -0.25) is 14.5 Å². The Bertz CT molecular complexity index is 1010. The number of amides is 1. The van der Waals surface area contributed by atoms with Crippen molar-refractivity contribution in [1.29, 1.82) is 0 Å². The summed E-state index contributed by atoms with van der Waals surface area (Å²) in [6.07, 6.45) is 5.29. The Morgan fingerprint density at radius 1 is 1.04 bits per heavy atom. The Labute approximate surface area is 161 Å². The first-order valence-electron chi connectivity index (χ1n) is 8.62. The highest BCUT2D eigenvalue weighted by atomic mass is 32.1. The topological polar surface area (TPSA) is 59.8 Å². The van der Waals surface area contributed by atoms with Crippen molar-refractivity contribution >= 4 is 17.2 Å². The minimum absolute atomic E-state index is 0.137. The third-order valence-electron chi connectivity index (χ3n) is 4.12. The van der Waals surface area contributed by atoms with E-state index in [4.69, 9.17) is 0 Å². The van der Waals surface area contributed by atoms with Crippen LogP contribution in [0.25, 0.3) is 10.6 Å². The van der Waals surface area contributed by atoms with E-state index in [1.54, 1.807) is 23.7 Å². The molecular weight excluding hydrogens is 356 g/mol. The van der Waals surface area contributed by atoms with Crippen LogP contribution >= 0.6 is 11.3 Å². The third-order valence-corrected chi connectivity index (χ3v) is 5.00. The summed E-state index contributed by atoms with van der Waals surface area (Å²) < 4.78 is 1.82. The molecule has 0 aliphatic rings. The Hall–Kier alpha value is -3.25. The second-order valence-corrected chi connectivity index (χ2v) is 7.04. The molecule has 0 bridgehead atoms. The van der Waals surface area contributed by atoms with E-state index < -0.39 is 0 Å². The van der Waals surface area contributed by atoms with Crippen LogP contribution in [0.1, 0.15) is 21.5 Å². The molecule has 6 heteroatoms. The van der Waals surface area contributed by atoms with Crippen molar-refractivity contribution in [2.24, 2.45) is 0 Å². The molecule has 0 saturated carbocycles. The van der Waals surface area contributed by atoms with Crippen molar-refractivity contribution in [2.45, 2.75) is 13.1 Å². The molecule has 3 heterocycles. The zero-order valence-corrected chi connectivity index (χ0v) is 15.4. The van der Waals surface area contributed by atoms with Gasteiger partial charge in [0.15, 0.2) is 0 Å². The van der Waals surface area contributed by atoms with Crippen LogP contribution in [-0.4, -0.2) is 20.7 Å². The van der Waals surface area contributed by atoms with Gasteiger partial charge in [-0.15, -0.1) is 11.3 Å². The average Bonchev–Trinajstić information content (AvgIpc) is 3.37. The van der Waals surface area contributed by atoms with Crippen molar-refractivity contribution in [3.05, 3.63) is 95.3 Å². The summed E-state index contributed by atoms with van der Waals surface area (Å²) in [4.78, 5) is 17.9. The number of hydrogen-bond acceptors (Lipinski definition) is 4. The first-order valence-corrected chi connectivity index (χ1v) is 9.50. The molecule has 0 fully saturated rings. The molecule has 0 radical (unpaired) electrons. The van der Waals surface area contributed by atoms with Gasteiger partial charge in [-0.05, 0) is 28.6 Å². The Morgan fingerprint density at radius 2 is 1.89 bits per heavy atom. The molecule has 0 aliphatic heterocycles. The first kappa shape index (κ1) is 17.2. The van der Waals surface area contributed by atoms with Crippen molar-refractivity contribution in [1.82, 2.24) is 20.1 Å². The summed E-state index contributed by atoms with van der Waals surface area (Å²) in [5.74, 6) is -0.137. The van der Waals surface area contributed by atoms with Gasteiger partial charge in [-0.2, -0.15) is 5.10 Å². The molecule has 1 N–H and O–H groups in total. The second-order valence-electron chi connectivity index (χ2n) is 6.10. The number of thiophene rings is 1. The van der Waals surface area contributed by atoms with E-state index in [1.807, 2.05) is 58.7 Å². The highest BCUT2D eigenvalue weighted by Gasteiger charge is 2.18. The first-order chi connectivity index (χ1) is 13.3. The predicted molar refractivity (Wildman–Crippen MR) is 106 cm³/mol. The number of rotatable bonds is 6. The fraction of sp³-hybridized carbons (Fsp3) is 0.0952. The SMILES string of the molecule is O=C(NCc1cccnc1)c1cn(Cc2ccccc2)nc1-c1cccs1. The van der Waals surface area contributed by atoms with E-state index in [9.17, 15) is 4.79 Å². The van der Waals surface area contributed by atoms with E-state index in [-0.39, 0.29) is 5.91 Å². The fourth-order valence-electron chi connectivity index (χ4n) is 2.81. The summed E-state index contributed by atoms with van der Waals surface area (Å²) in [5.41, 5.74) is 3.39. The van der Waals surface area contributed by atoms with E-state index in [1.165, 1.54) is 0 Å². The molecule has 27 heavy (non-hydrogen) atoms. The van der Waals surface area contributed by atoms with Gasteiger partial charge in [0.2, 0.25) is 0 Å². The van der Waals surface area contributed by atoms with Crippen LogP contribution in [-0.2, 0) is 13.1 Å². The van der Waals surface area contributed by atoms with Crippen molar-refractivity contribution in [3.8, 4) is 10.6 Å². The molecule has 3 aromatic heterocycles. The van der Waals surface area contributed by atoms with Crippen molar-refractivity contribution < 1.29 is 4.79 Å². The molecule has 0 aliphatic carbocycles. The van der Waals surface area contributed by atoms with Gasteiger partial charge in [0, 0.05) is 25.1 Å². The molecule has 0 atom stereocenters. The molecule has 134 valence electrons. The van der Waals surface area contributed by atoms with Gasteiger partial charge >= 0.3 is 0 Å². The largest absolute Gasteiger partial charge is 0.348 e. The quantitative estimate of drug-likeness (QED) is 0.555. The third kappa shape index (κ3) is 4.12. The molecular formula is C21H18N4OS. The molecule has 1 amide bonds. The molecule has 4 rings (SSSR count). The predicted octanol–water partition coefficient (Wildman–Crippen LogP) is 3.98. The van der Waals surface area contributed by atoms with Crippen molar-refractivity contribution in [2.75, 3.05) is 0 Å². The van der Waals surface area contributed by atoms with Gasteiger partial charge in [0.25, 0.3) is 5.91 Å². The average molecular weight is 374 g/mol. The van der Waals surface area contributed by atoms with Crippen LogP contribution in [0.15, 0.2) is 78.6 Å². The lowest BCUT2D eigenvalue weighted by Gasteiger charge is -2.04. The lowest BCUT2D eigenvalue weighted by atomic mass is 10.2. The number of carbonyl (C=O) groups is 1. The molecule has 0 saturated heterocycles. The van der Waals surface area contributed by atoms with Gasteiger partial charge in [0.05, 0.1) is 17.0 Å². The molecule has 1 aromatic carbocycles. The minimum atomic E-state index is -0.137. The summed E-state index contributed by atoms with van der Waals surface area (Å²) in [5, 5.41) is 9.63. The maximum absolute atomic E-state index is 12.8. The Balaban J connectivity index is 1.59. The van der Waals surface area contributed by atoms with Gasteiger partial charge < -0.3 is 5.32 Å². The monoisotopic (exact) mass is 374 g/mol. The van der Waals surface area contributed by atoms with Crippen molar-refractivity contribution in [3.63, 3.8) is 0 Å². The van der Waals surface area contributed by atoms with Gasteiger partial charge in [-0.1, -0.05) is 42.5 Å². The number of pyridine rings is 1. The number of carbonyl (C=O) groups excluding carboxylic acids is 1. The summed E-state index contributed by atoms with van der Waals surface area (Å²) in [7, 11) is 0. The summed E-state index contributed by atoms with van der Waals surface area (Å²) in [6, 6.07) is 17.8. The molecule has 4 aromatic rings. The maximum atomic E-state index is 12.8. The summed E-state index contributed by atoms with van der Waals surface area (Å²) in [6.45, 7) is 1.05. The maximum Gasteiger partial charge on any atom is 0.255 e. The number of benzene rings is 1. The number of aromatic nitrogens is 3. The summed E-state index contributed by atoms with van der Waals surface area (Å²) >= 11 is 1.58. The van der Waals surface area contributed by atoms with Crippen LogP contribution in [0.3, 0.4) is 0 Å². The molecule has 5 nitrogen and oxygen atoms in total.